The first kappa shape index (κ1) is 24.3. The number of ether oxygens (including phenoxy) is 1. The summed E-state index contributed by atoms with van der Waals surface area (Å²) in [6, 6.07) is 24.2. The van der Waals surface area contributed by atoms with Crippen molar-refractivity contribution in [1.29, 1.82) is 0 Å². The fourth-order valence-corrected chi connectivity index (χ4v) is 4.38. The first-order chi connectivity index (χ1) is 16.8. The zero-order valence-corrected chi connectivity index (χ0v) is 21.0. The van der Waals surface area contributed by atoms with Gasteiger partial charge in [-0.25, -0.2) is 0 Å². The van der Waals surface area contributed by atoms with Crippen LogP contribution in [0.5, 0.6) is 5.75 Å². The Morgan fingerprint density at radius 2 is 1.69 bits per heavy atom. The Morgan fingerprint density at radius 1 is 0.971 bits per heavy atom. The molecule has 180 valence electrons. The first-order valence-corrected chi connectivity index (χ1v) is 11.8. The number of hydrogen-bond donors (Lipinski definition) is 0. The van der Waals surface area contributed by atoms with E-state index in [4.69, 9.17) is 9.26 Å². The van der Waals surface area contributed by atoms with Crippen molar-refractivity contribution in [2.45, 2.75) is 46.8 Å². The molecule has 0 radical (unpaired) electrons. The number of hydrogen-bond acceptors (Lipinski definition) is 4. The number of benzene rings is 3. The number of carbonyl (C=O) groups excluding carboxylic acids is 1. The van der Waals surface area contributed by atoms with Crippen LogP contribution in [0.15, 0.2) is 77.3 Å². The van der Waals surface area contributed by atoms with Crippen LogP contribution in [0.1, 0.15) is 50.8 Å². The van der Waals surface area contributed by atoms with Crippen LogP contribution in [0.2, 0.25) is 0 Å². The topological polar surface area (TPSA) is 55.6 Å². The second-order valence-corrected chi connectivity index (χ2v) is 9.13. The summed E-state index contributed by atoms with van der Waals surface area (Å²) in [5.41, 5.74) is 7.21. The summed E-state index contributed by atoms with van der Waals surface area (Å²) in [5, 5.41) is 3.97. The van der Waals surface area contributed by atoms with Crippen molar-refractivity contribution in [2.75, 3.05) is 7.05 Å². The molecule has 0 aliphatic carbocycles. The van der Waals surface area contributed by atoms with Crippen LogP contribution < -0.4 is 4.74 Å². The smallest absolute Gasteiger partial charge is 0.234 e. The van der Waals surface area contributed by atoms with Gasteiger partial charge in [0.1, 0.15) is 18.1 Å². The minimum atomic E-state index is -0.348. The first-order valence-electron chi connectivity index (χ1n) is 11.8. The molecule has 1 atom stereocenters. The number of aromatic nitrogens is 1. The van der Waals surface area contributed by atoms with E-state index in [1.165, 1.54) is 5.56 Å². The van der Waals surface area contributed by atoms with Gasteiger partial charge in [0.25, 0.3) is 0 Å². The third-order valence-corrected chi connectivity index (χ3v) is 6.40. The molecule has 1 unspecified atom stereocenters. The highest BCUT2D eigenvalue weighted by Gasteiger charge is 2.27. The normalized spacial score (nSPS) is 11.8. The van der Waals surface area contributed by atoms with Crippen LogP contribution in [0.3, 0.4) is 0 Å². The molecule has 0 aliphatic heterocycles. The maximum atomic E-state index is 13.7. The van der Waals surface area contributed by atoms with E-state index in [0.29, 0.717) is 13.2 Å². The SMILES string of the molecule is Cc1ccc(C(C(=O)N(C)Cc2ccc(OCc3c(C)noc3C)cc2)c2ccccc2)c(C)c1. The highest BCUT2D eigenvalue weighted by atomic mass is 16.5. The van der Waals surface area contributed by atoms with Crippen LogP contribution in [0, 0.1) is 27.7 Å². The molecule has 4 aromatic rings. The van der Waals surface area contributed by atoms with Crippen molar-refractivity contribution in [3.63, 3.8) is 0 Å². The predicted molar refractivity (Wildman–Crippen MR) is 137 cm³/mol. The van der Waals surface area contributed by atoms with Gasteiger partial charge in [-0.15, -0.1) is 0 Å². The molecule has 1 amide bonds. The van der Waals surface area contributed by atoms with E-state index in [-0.39, 0.29) is 11.8 Å². The van der Waals surface area contributed by atoms with Crippen molar-refractivity contribution in [3.8, 4) is 5.75 Å². The van der Waals surface area contributed by atoms with Crippen molar-refractivity contribution in [3.05, 3.63) is 118 Å². The van der Waals surface area contributed by atoms with Gasteiger partial charge >= 0.3 is 0 Å². The summed E-state index contributed by atoms with van der Waals surface area (Å²) < 4.78 is 11.1. The molecule has 0 spiro atoms. The van der Waals surface area contributed by atoms with Gasteiger partial charge in [0, 0.05) is 13.6 Å². The Hall–Kier alpha value is -3.86. The number of rotatable bonds is 8. The van der Waals surface area contributed by atoms with Gasteiger partial charge in [0.15, 0.2) is 0 Å². The summed E-state index contributed by atoms with van der Waals surface area (Å²) in [7, 11) is 1.86. The number of aryl methyl sites for hydroxylation is 4. The lowest BCUT2D eigenvalue weighted by Gasteiger charge is -2.26. The second-order valence-electron chi connectivity index (χ2n) is 9.13. The third kappa shape index (κ3) is 5.62. The Bertz CT molecular complexity index is 1270. The van der Waals surface area contributed by atoms with Crippen molar-refractivity contribution in [1.82, 2.24) is 10.1 Å². The van der Waals surface area contributed by atoms with E-state index in [0.717, 1.165) is 45.0 Å². The molecule has 5 heteroatoms. The molecule has 0 saturated heterocycles. The zero-order valence-electron chi connectivity index (χ0n) is 21.0. The quantitative estimate of drug-likeness (QED) is 0.305. The highest BCUT2D eigenvalue weighted by molar-refractivity contribution is 5.87. The van der Waals surface area contributed by atoms with Crippen LogP contribution in [-0.2, 0) is 17.9 Å². The zero-order chi connectivity index (χ0) is 24.9. The van der Waals surface area contributed by atoms with Gasteiger partial charge < -0.3 is 14.2 Å². The van der Waals surface area contributed by atoms with E-state index >= 15 is 0 Å². The number of nitrogens with zero attached hydrogens (tertiary/aromatic N) is 2. The van der Waals surface area contributed by atoms with Crippen LogP contribution in [0.25, 0.3) is 0 Å². The second kappa shape index (κ2) is 10.6. The van der Waals surface area contributed by atoms with E-state index in [9.17, 15) is 4.79 Å². The van der Waals surface area contributed by atoms with Gasteiger partial charge in [-0.2, -0.15) is 0 Å². The van der Waals surface area contributed by atoms with E-state index in [2.05, 4.69) is 37.2 Å². The molecule has 0 aliphatic rings. The Morgan fingerprint density at radius 3 is 2.31 bits per heavy atom. The summed E-state index contributed by atoms with van der Waals surface area (Å²) >= 11 is 0. The fourth-order valence-electron chi connectivity index (χ4n) is 4.38. The summed E-state index contributed by atoms with van der Waals surface area (Å²) in [6.45, 7) is 8.86. The van der Waals surface area contributed by atoms with Gasteiger partial charge in [-0.3, -0.25) is 4.79 Å². The fraction of sp³-hybridized carbons (Fsp3) is 0.267. The predicted octanol–water partition coefficient (Wildman–Crippen LogP) is 6.28. The molecule has 3 aromatic carbocycles. The molecule has 4 rings (SSSR count). The standard InChI is InChI=1S/C30H32N2O3/c1-20-11-16-27(21(2)17-20)29(25-9-7-6-8-10-25)30(33)32(5)18-24-12-14-26(15-13-24)34-19-28-22(3)31-35-23(28)4/h6-17,29H,18-19H2,1-5H3. The average Bonchev–Trinajstić information content (AvgIpc) is 3.17. The average molecular weight is 469 g/mol. The van der Waals surface area contributed by atoms with E-state index in [1.807, 2.05) is 75.5 Å². The monoisotopic (exact) mass is 468 g/mol. The molecule has 1 aromatic heterocycles. The summed E-state index contributed by atoms with van der Waals surface area (Å²) in [4.78, 5) is 15.5. The molecule has 0 bridgehead atoms. The number of likely N-dealkylation sites (N-methyl/N-ethyl adjacent to an activating group) is 1. The molecule has 0 saturated carbocycles. The van der Waals surface area contributed by atoms with E-state index < -0.39 is 0 Å². The molecule has 1 heterocycles. The van der Waals surface area contributed by atoms with Crippen molar-refractivity contribution < 1.29 is 14.1 Å². The lowest BCUT2D eigenvalue weighted by atomic mass is 9.86. The largest absolute Gasteiger partial charge is 0.489 e. The lowest BCUT2D eigenvalue weighted by Crippen LogP contribution is -2.32. The minimum Gasteiger partial charge on any atom is -0.489 e. The van der Waals surface area contributed by atoms with Gasteiger partial charge in [-0.05, 0) is 62.1 Å². The molecule has 5 nitrogen and oxygen atoms in total. The minimum absolute atomic E-state index is 0.0712. The molecule has 0 fully saturated rings. The Balaban J connectivity index is 1.48. The lowest BCUT2D eigenvalue weighted by molar-refractivity contribution is -0.131. The summed E-state index contributed by atoms with van der Waals surface area (Å²) in [5.74, 6) is 1.26. The van der Waals surface area contributed by atoms with Gasteiger partial charge in [0.05, 0.1) is 17.2 Å². The number of amides is 1. The van der Waals surface area contributed by atoms with Crippen LogP contribution >= 0.6 is 0 Å². The highest BCUT2D eigenvalue weighted by Crippen LogP contribution is 2.30. The van der Waals surface area contributed by atoms with Crippen LogP contribution in [-0.4, -0.2) is 23.0 Å². The van der Waals surface area contributed by atoms with Gasteiger partial charge in [-0.1, -0.05) is 71.4 Å². The third-order valence-electron chi connectivity index (χ3n) is 6.40. The van der Waals surface area contributed by atoms with E-state index in [1.54, 1.807) is 4.90 Å². The molecule has 0 N–H and O–H groups in total. The van der Waals surface area contributed by atoms with Crippen LogP contribution in [0.4, 0.5) is 0 Å². The maximum Gasteiger partial charge on any atom is 0.234 e. The number of carbonyl (C=O) groups is 1. The maximum absolute atomic E-state index is 13.7. The Labute approximate surface area is 207 Å². The van der Waals surface area contributed by atoms with Gasteiger partial charge in [0.2, 0.25) is 5.91 Å². The summed E-state index contributed by atoms with van der Waals surface area (Å²) in [6.07, 6.45) is 0. The van der Waals surface area contributed by atoms with Crippen molar-refractivity contribution in [2.24, 2.45) is 0 Å². The molecular weight excluding hydrogens is 436 g/mol. The van der Waals surface area contributed by atoms with Crippen molar-refractivity contribution >= 4 is 5.91 Å². The Kier molecular flexibility index (Phi) is 7.35. The molecular formula is C30H32N2O3. The molecule has 35 heavy (non-hydrogen) atoms.